The van der Waals surface area contributed by atoms with Gasteiger partial charge in [-0.2, -0.15) is 13.2 Å². The summed E-state index contributed by atoms with van der Waals surface area (Å²) in [6.45, 7) is 3.30. The minimum atomic E-state index is -4.88. The van der Waals surface area contributed by atoms with Gasteiger partial charge in [0.25, 0.3) is 5.91 Å². The molecule has 34 heavy (non-hydrogen) atoms. The Kier molecular flexibility index (Phi) is 6.50. The Morgan fingerprint density at radius 3 is 2.24 bits per heavy atom. The number of benzene rings is 2. The summed E-state index contributed by atoms with van der Waals surface area (Å²) in [5, 5.41) is 8.13. The fourth-order valence-corrected chi connectivity index (χ4v) is 4.07. The first-order valence-corrected chi connectivity index (χ1v) is 11.1. The van der Waals surface area contributed by atoms with E-state index in [2.05, 4.69) is 15.4 Å². The molecule has 0 radical (unpaired) electrons. The topological polar surface area (TPSA) is 59.8 Å². The highest BCUT2D eigenvalue weighted by Gasteiger charge is 2.38. The van der Waals surface area contributed by atoms with E-state index in [0.29, 0.717) is 27.0 Å². The van der Waals surface area contributed by atoms with E-state index < -0.39 is 23.3 Å². The van der Waals surface area contributed by atoms with Gasteiger partial charge in [0, 0.05) is 27.0 Å². The summed E-state index contributed by atoms with van der Waals surface area (Å²) in [5.74, 6) is -0.893. The van der Waals surface area contributed by atoms with Crippen molar-refractivity contribution in [2.75, 3.05) is 0 Å². The molecule has 0 spiro atoms. The molecule has 1 amide bonds. The first-order valence-electron chi connectivity index (χ1n) is 9.99. The molecule has 4 rings (SSSR count). The Morgan fingerprint density at radius 1 is 1.00 bits per heavy atom. The molecule has 0 aliphatic rings. The van der Waals surface area contributed by atoms with E-state index >= 15 is 0 Å². The summed E-state index contributed by atoms with van der Waals surface area (Å²) in [5.41, 5.74) is -0.802. The molecule has 2 aromatic carbocycles. The third kappa shape index (κ3) is 4.71. The van der Waals surface area contributed by atoms with E-state index in [4.69, 9.17) is 34.8 Å². The molecule has 0 bridgehead atoms. The summed E-state index contributed by atoms with van der Waals surface area (Å²) in [6, 6.07) is 12.1. The number of halogens is 6. The molecule has 0 saturated carbocycles. The molecule has 0 unspecified atom stereocenters. The normalized spacial score (nSPS) is 11.9. The van der Waals surface area contributed by atoms with Crippen LogP contribution in [-0.2, 0) is 6.18 Å². The van der Waals surface area contributed by atoms with E-state index in [1.807, 2.05) is 0 Å². The third-order valence-electron chi connectivity index (χ3n) is 4.85. The number of nitrogens with one attached hydrogen (secondary N) is 1. The quantitative estimate of drug-likeness (QED) is 0.305. The molecule has 0 atom stereocenters. The molecule has 5 nitrogen and oxygen atoms in total. The maximum atomic E-state index is 13.9. The van der Waals surface area contributed by atoms with Gasteiger partial charge in [-0.1, -0.05) is 46.9 Å². The van der Waals surface area contributed by atoms with E-state index in [-0.39, 0.29) is 22.1 Å². The number of nitrogens with zero attached hydrogens (tertiary/aromatic N) is 3. The second-order valence-corrected chi connectivity index (χ2v) is 9.02. The van der Waals surface area contributed by atoms with Crippen LogP contribution in [0.2, 0.25) is 15.1 Å². The fraction of sp³-hybridized carbons (Fsp3) is 0.174. The van der Waals surface area contributed by atoms with Crippen molar-refractivity contribution in [1.82, 2.24) is 20.1 Å². The third-order valence-corrected chi connectivity index (χ3v) is 5.64. The summed E-state index contributed by atoms with van der Waals surface area (Å²) in [4.78, 5) is 16.5. The molecule has 4 aromatic rings. The van der Waals surface area contributed by atoms with Crippen molar-refractivity contribution in [2.24, 2.45) is 0 Å². The summed E-state index contributed by atoms with van der Waals surface area (Å²) >= 11 is 18.4. The minimum Gasteiger partial charge on any atom is -0.350 e. The van der Waals surface area contributed by atoms with Crippen molar-refractivity contribution in [3.63, 3.8) is 0 Å². The zero-order valence-electron chi connectivity index (χ0n) is 17.7. The Morgan fingerprint density at radius 2 is 1.65 bits per heavy atom. The first kappa shape index (κ1) is 24.3. The summed E-state index contributed by atoms with van der Waals surface area (Å²) in [7, 11) is 0. The Labute approximate surface area is 207 Å². The number of aromatic nitrogens is 3. The number of hydrogen-bond donors (Lipinski definition) is 1. The van der Waals surface area contributed by atoms with Crippen molar-refractivity contribution < 1.29 is 18.0 Å². The van der Waals surface area contributed by atoms with Gasteiger partial charge in [-0.15, -0.1) is 5.10 Å². The second kappa shape index (κ2) is 9.09. The number of alkyl halides is 3. The van der Waals surface area contributed by atoms with Crippen LogP contribution in [0.5, 0.6) is 0 Å². The van der Waals surface area contributed by atoms with Gasteiger partial charge in [0.15, 0.2) is 11.3 Å². The number of rotatable bonds is 4. The molecule has 1 N–H and O–H groups in total. The highest BCUT2D eigenvalue weighted by Crippen LogP contribution is 2.38. The van der Waals surface area contributed by atoms with E-state index in [1.165, 1.54) is 10.7 Å². The van der Waals surface area contributed by atoms with Gasteiger partial charge < -0.3 is 5.32 Å². The van der Waals surface area contributed by atoms with Crippen LogP contribution in [0.4, 0.5) is 13.2 Å². The molecule has 0 saturated heterocycles. The van der Waals surface area contributed by atoms with Crippen LogP contribution in [0.25, 0.3) is 28.0 Å². The maximum absolute atomic E-state index is 13.9. The zero-order valence-corrected chi connectivity index (χ0v) is 20.0. The van der Waals surface area contributed by atoms with Crippen LogP contribution in [-0.4, -0.2) is 26.7 Å². The number of fused-ring (bicyclic) bond motifs is 1. The largest absolute Gasteiger partial charge is 0.434 e. The van der Waals surface area contributed by atoms with Crippen LogP contribution in [0, 0.1) is 0 Å². The number of amides is 1. The standard InChI is InChI=1S/C23H16Cl3F3N4O/c1-11(2)30-22(34)16-10-15-19(12-3-5-13(24)6-4-12)33(18-8-7-14(25)9-17(18)26)32-21(15)31-20(16)23(27,28)29/h3-11H,1-2H3,(H,30,34). The Bertz CT molecular complexity index is 1400. The number of carbonyl (C=O) groups is 1. The van der Waals surface area contributed by atoms with Crippen LogP contribution in [0.15, 0.2) is 48.5 Å². The van der Waals surface area contributed by atoms with Gasteiger partial charge in [0.2, 0.25) is 0 Å². The molecule has 2 heterocycles. The van der Waals surface area contributed by atoms with Crippen LogP contribution < -0.4 is 5.32 Å². The number of pyridine rings is 1. The van der Waals surface area contributed by atoms with E-state index in [1.54, 1.807) is 50.2 Å². The lowest BCUT2D eigenvalue weighted by Crippen LogP contribution is -2.32. The highest BCUT2D eigenvalue weighted by atomic mass is 35.5. The van der Waals surface area contributed by atoms with Gasteiger partial charge in [-0.25, -0.2) is 9.67 Å². The smallest absolute Gasteiger partial charge is 0.350 e. The predicted molar refractivity (Wildman–Crippen MR) is 127 cm³/mol. The van der Waals surface area contributed by atoms with Gasteiger partial charge in [0.1, 0.15) is 0 Å². The Hall–Kier alpha value is -2.81. The SMILES string of the molecule is CC(C)NC(=O)c1cc2c(-c3ccc(Cl)cc3)n(-c3ccc(Cl)cc3Cl)nc2nc1C(F)(F)F. The lowest BCUT2D eigenvalue weighted by molar-refractivity contribution is -0.141. The average Bonchev–Trinajstić information content (AvgIpc) is 3.10. The maximum Gasteiger partial charge on any atom is 0.434 e. The highest BCUT2D eigenvalue weighted by molar-refractivity contribution is 6.35. The molecule has 0 aliphatic heterocycles. The van der Waals surface area contributed by atoms with Crippen LogP contribution in [0.3, 0.4) is 0 Å². The second-order valence-electron chi connectivity index (χ2n) is 7.74. The molecular formula is C23H16Cl3F3N4O. The molecule has 176 valence electrons. The average molecular weight is 528 g/mol. The van der Waals surface area contributed by atoms with Crippen molar-refractivity contribution >= 4 is 51.7 Å². The summed E-state index contributed by atoms with van der Waals surface area (Å²) in [6.07, 6.45) is -4.88. The molecular weight excluding hydrogens is 512 g/mol. The van der Waals surface area contributed by atoms with E-state index in [9.17, 15) is 18.0 Å². The van der Waals surface area contributed by atoms with Gasteiger partial charge in [-0.05, 0) is 50.2 Å². The molecule has 0 aliphatic carbocycles. The fourth-order valence-electron chi connectivity index (χ4n) is 3.45. The lowest BCUT2D eigenvalue weighted by Gasteiger charge is -2.14. The van der Waals surface area contributed by atoms with Crippen molar-refractivity contribution in [3.8, 4) is 16.9 Å². The van der Waals surface area contributed by atoms with Gasteiger partial charge >= 0.3 is 6.18 Å². The van der Waals surface area contributed by atoms with Crippen LogP contribution >= 0.6 is 34.8 Å². The monoisotopic (exact) mass is 526 g/mol. The zero-order chi connectivity index (χ0) is 24.8. The summed E-state index contributed by atoms with van der Waals surface area (Å²) < 4.78 is 42.9. The lowest BCUT2D eigenvalue weighted by atomic mass is 10.0. The number of hydrogen-bond acceptors (Lipinski definition) is 3. The van der Waals surface area contributed by atoms with Crippen molar-refractivity contribution in [3.05, 3.63) is 74.9 Å². The molecule has 2 aromatic heterocycles. The van der Waals surface area contributed by atoms with Crippen LogP contribution in [0.1, 0.15) is 29.9 Å². The van der Waals surface area contributed by atoms with Gasteiger partial charge in [0.05, 0.1) is 22.0 Å². The molecule has 0 fully saturated rings. The predicted octanol–water partition coefficient (Wildman–Crippen LogP) is 7.20. The van der Waals surface area contributed by atoms with Gasteiger partial charge in [-0.3, -0.25) is 4.79 Å². The van der Waals surface area contributed by atoms with Crippen molar-refractivity contribution in [2.45, 2.75) is 26.1 Å². The number of carbonyl (C=O) groups excluding carboxylic acids is 1. The van der Waals surface area contributed by atoms with E-state index in [0.717, 1.165) is 6.07 Å². The minimum absolute atomic E-state index is 0.204. The molecule has 11 heteroatoms. The van der Waals surface area contributed by atoms with Crippen molar-refractivity contribution in [1.29, 1.82) is 0 Å². The Balaban J connectivity index is 2.08. The first-order chi connectivity index (χ1) is 16.0.